The first-order valence-corrected chi connectivity index (χ1v) is 9.76. The van der Waals surface area contributed by atoms with Crippen molar-refractivity contribution in [1.29, 1.82) is 0 Å². The smallest absolute Gasteiger partial charge is 0.282 e. The van der Waals surface area contributed by atoms with Gasteiger partial charge in [0.25, 0.3) is 10.2 Å². The zero-order valence-corrected chi connectivity index (χ0v) is 15.0. The van der Waals surface area contributed by atoms with E-state index < -0.39 is 10.2 Å². The van der Waals surface area contributed by atoms with Crippen molar-refractivity contribution in [2.24, 2.45) is 5.92 Å². The molecule has 0 aliphatic carbocycles. The first kappa shape index (κ1) is 18.9. The molecule has 6 heteroatoms. The summed E-state index contributed by atoms with van der Waals surface area (Å²) in [5.74, 6) is 0.395. The zero-order chi connectivity index (χ0) is 15.9. The maximum atomic E-state index is 12.8. The molecule has 2 unspecified atom stereocenters. The Labute approximate surface area is 131 Å². The molecule has 1 saturated heterocycles. The molecule has 0 aromatic carbocycles. The van der Waals surface area contributed by atoms with Crippen molar-refractivity contribution >= 4 is 10.2 Å². The minimum atomic E-state index is -3.33. The van der Waals surface area contributed by atoms with Crippen molar-refractivity contribution in [3.8, 4) is 0 Å². The van der Waals surface area contributed by atoms with Gasteiger partial charge in [0.2, 0.25) is 0 Å². The molecule has 0 aromatic heterocycles. The normalized spacial score (nSPS) is 22.6. The Morgan fingerprint density at radius 1 is 1.33 bits per heavy atom. The van der Waals surface area contributed by atoms with Gasteiger partial charge in [0.05, 0.1) is 0 Å². The van der Waals surface area contributed by atoms with Gasteiger partial charge in [-0.2, -0.15) is 17.0 Å². The van der Waals surface area contributed by atoms with Crippen molar-refractivity contribution in [2.75, 3.05) is 33.2 Å². The summed E-state index contributed by atoms with van der Waals surface area (Å²) >= 11 is 0. The van der Waals surface area contributed by atoms with Gasteiger partial charge in [-0.15, -0.1) is 0 Å². The summed E-state index contributed by atoms with van der Waals surface area (Å²) in [4.78, 5) is 0. The molecule has 1 heterocycles. The summed E-state index contributed by atoms with van der Waals surface area (Å²) in [7, 11) is -1.61. The SMILES string of the molecule is CCCNCC1CCCCN1S(=O)(=O)N(C)CC(C)CC. The van der Waals surface area contributed by atoms with Crippen LogP contribution in [0.15, 0.2) is 0 Å². The molecule has 21 heavy (non-hydrogen) atoms. The van der Waals surface area contributed by atoms with E-state index in [1.165, 1.54) is 0 Å². The lowest BCUT2D eigenvalue weighted by atomic mass is 10.1. The second-order valence-corrected chi connectivity index (χ2v) is 8.25. The first-order valence-electron chi connectivity index (χ1n) is 8.37. The molecule has 5 nitrogen and oxygen atoms in total. The number of nitrogens with one attached hydrogen (secondary N) is 1. The van der Waals surface area contributed by atoms with Crippen molar-refractivity contribution < 1.29 is 8.42 Å². The number of nitrogens with zero attached hydrogens (tertiary/aromatic N) is 2. The topological polar surface area (TPSA) is 52.7 Å². The summed E-state index contributed by atoms with van der Waals surface area (Å²) in [6.45, 7) is 9.31. The maximum absolute atomic E-state index is 12.8. The van der Waals surface area contributed by atoms with Gasteiger partial charge >= 0.3 is 0 Å². The maximum Gasteiger partial charge on any atom is 0.282 e. The fourth-order valence-electron chi connectivity index (χ4n) is 2.77. The molecule has 0 saturated carbocycles. The van der Waals surface area contributed by atoms with Gasteiger partial charge in [-0.25, -0.2) is 0 Å². The van der Waals surface area contributed by atoms with Crippen molar-refractivity contribution in [3.63, 3.8) is 0 Å². The third-order valence-corrected chi connectivity index (χ3v) is 6.35. The fourth-order valence-corrected chi connectivity index (χ4v) is 4.49. The largest absolute Gasteiger partial charge is 0.315 e. The zero-order valence-electron chi connectivity index (χ0n) is 14.1. The third-order valence-electron chi connectivity index (χ3n) is 4.34. The highest BCUT2D eigenvalue weighted by atomic mass is 32.2. The highest BCUT2D eigenvalue weighted by molar-refractivity contribution is 7.86. The van der Waals surface area contributed by atoms with Crippen molar-refractivity contribution in [2.45, 2.75) is 58.9 Å². The highest BCUT2D eigenvalue weighted by Gasteiger charge is 2.34. The molecule has 126 valence electrons. The molecule has 0 radical (unpaired) electrons. The molecule has 0 aromatic rings. The summed E-state index contributed by atoms with van der Waals surface area (Å²) in [5.41, 5.74) is 0. The van der Waals surface area contributed by atoms with Crippen LogP contribution >= 0.6 is 0 Å². The molecular weight excluding hydrogens is 286 g/mol. The van der Waals surface area contributed by atoms with Crippen LogP contribution in [0.3, 0.4) is 0 Å². The second-order valence-electron chi connectivity index (χ2n) is 6.27. The second kappa shape index (κ2) is 9.08. The van der Waals surface area contributed by atoms with E-state index in [1.54, 1.807) is 15.7 Å². The molecule has 0 spiro atoms. The van der Waals surface area contributed by atoms with E-state index in [0.29, 0.717) is 19.0 Å². The molecule has 1 aliphatic heterocycles. The van der Waals surface area contributed by atoms with E-state index in [4.69, 9.17) is 0 Å². The predicted octanol–water partition coefficient (Wildman–Crippen LogP) is 2.06. The van der Waals surface area contributed by atoms with Gasteiger partial charge < -0.3 is 5.32 Å². The van der Waals surface area contributed by atoms with Gasteiger partial charge in [0, 0.05) is 32.7 Å². The van der Waals surface area contributed by atoms with Crippen LogP contribution in [0.5, 0.6) is 0 Å². The van der Waals surface area contributed by atoms with Crippen LogP contribution in [0.4, 0.5) is 0 Å². The third kappa shape index (κ3) is 5.51. The first-order chi connectivity index (χ1) is 9.93. The van der Waals surface area contributed by atoms with Crippen LogP contribution in [-0.4, -0.2) is 56.3 Å². The standard InChI is InChI=1S/C15H33N3O2S/c1-5-10-16-12-15-9-7-8-11-18(15)21(19,20)17(4)13-14(3)6-2/h14-16H,5-13H2,1-4H3. The van der Waals surface area contributed by atoms with Gasteiger partial charge in [-0.1, -0.05) is 33.6 Å². The van der Waals surface area contributed by atoms with Crippen LogP contribution in [0, 0.1) is 5.92 Å². The highest BCUT2D eigenvalue weighted by Crippen LogP contribution is 2.22. The molecule has 0 bridgehead atoms. The fraction of sp³-hybridized carbons (Fsp3) is 1.00. The number of hydrogen-bond donors (Lipinski definition) is 1. The lowest BCUT2D eigenvalue weighted by Crippen LogP contribution is -2.53. The lowest BCUT2D eigenvalue weighted by Gasteiger charge is -2.37. The number of hydrogen-bond acceptors (Lipinski definition) is 3. The van der Waals surface area contributed by atoms with E-state index >= 15 is 0 Å². The average Bonchev–Trinajstić information content (AvgIpc) is 2.47. The van der Waals surface area contributed by atoms with E-state index in [2.05, 4.69) is 26.1 Å². The van der Waals surface area contributed by atoms with Gasteiger partial charge in [-0.3, -0.25) is 0 Å². The lowest BCUT2D eigenvalue weighted by molar-refractivity contribution is 0.227. The molecule has 1 N–H and O–H groups in total. The summed E-state index contributed by atoms with van der Waals surface area (Å²) in [6, 6.07) is 0.106. The number of rotatable bonds is 9. The number of piperidine rings is 1. The molecule has 1 aliphatic rings. The Hall–Kier alpha value is -0.170. The Bertz CT molecular complexity index is 386. The van der Waals surface area contributed by atoms with E-state index in [1.807, 2.05) is 0 Å². The van der Waals surface area contributed by atoms with Crippen LogP contribution in [-0.2, 0) is 10.2 Å². The predicted molar refractivity (Wildman–Crippen MR) is 88.5 cm³/mol. The van der Waals surface area contributed by atoms with Crippen molar-refractivity contribution in [3.05, 3.63) is 0 Å². The summed E-state index contributed by atoms with van der Waals surface area (Å²) in [5, 5.41) is 3.37. The Balaban J connectivity index is 2.71. The summed E-state index contributed by atoms with van der Waals surface area (Å²) < 4.78 is 28.9. The Morgan fingerprint density at radius 3 is 2.67 bits per heavy atom. The Morgan fingerprint density at radius 2 is 2.05 bits per heavy atom. The average molecular weight is 320 g/mol. The minimum Gasteiger partial charge on any atom is -0.315 e. The van der Waals surface area contributed by atoms with Crippen LogP contribution < -0.4 is 5.32 Å². The van der Waals surface area contributed by atoms with E-state index in [0.717, 1.165) is 45.2 Å². The van der Waals surface area contributed by atoms with Gasteiger partial charge in [0.15, 0.2) is 0 Å². The minimum absolute atomic E-state index is 0.106. The molecule has 2 atom stereocenters. The quantitative estimate of drug-likeness (QED) is 0.662. The van der Waals surface area contributed by atoms with Gasteiger partial charge in [-0.05, 0) is 31.7 Å². The molecular formula is C15H33N3O2S. The Kier molecular flexibility index (Phi) is 8.16. The molecule has 1 fully saturated rings. The van der Waals surface area contributed by atoms with Crippen LogP contribution in [0.25, 0.3) is 0 Å². The molecule has 0 amide bonds. The summed E-state index contributed by atoms with van der Waals surface area (Å²) in [6.07, 6.45) is 5.14. The van der Waals surface area contributed by atoms with Crippen LogP contribution in [0.2, 0.25) is 0 Å². The van der Waals surface area contributed by atoms with Gasteiger partial charge in [0.1, 0.15) is 0 Å². The van der Waals surface area contributed by atoms with E-state index in [-0.39, 0.29) is 6.04 Å². The molecule has 1 rings (SSSR count). The van der Waals surface area contributed by atoms with E-state index in [9.17, 15) is 8.42 Å². The van der Waals surface area contributed by atoms with Crippen LogP contribution in [0.1, 0.15) is 52.9 Å². The monoisotopic (exact) mass is 319 g/mol. The van der Waals surface area contributed by atoms with Crippen molar-refractivity contribution in [1.82, 2.24) is 13.9 Å².